The Morgan fingerprint density at radius 3 is 2.83 bits per heavy atom. The number of aryl methyl sites for hydroxylation is 1. The molecule has 2 aliphatic carbocycles. The van der Waals surface area contributed by atoms with Crippen LogP contribution in [0.2, 0.25) is 0 Å². The highest BCUT2D eigenvalue weighted by Gasteiger charge is 2.42. The number of esters is 1. The highest BCUT2D eigenvalue weighted by atomic mass is 32.1. The van der Waals surface area contributed by atoms with Gasteiger partial charge in [-0.2, -0.15) is 5.26 Å². The van der Waals surface area contributed by atoms with Gasteiger partial charge in [-0.05, 0) is 62.6 Å². The lowest BCUT2D eigenvalue weighted by atomic mass is 9.76. The van der Waals surface area contributed by atoms with Crippen LogP contribution in [-0.4, -0.2) is 23.3 Å². The Bertz CT molecular complexity index is 1290. The molecule has 0 unspecified atom stereocenters. The molecule has 3 heterocycles. The largest absolute Gasteiger partial charge is 0.462 e. The third-order valence-corrected chi connectivity index (χ3v) is 8.29. The van der Waals surface area contributed by atoms with Crippen LogP contribution in [0.1, 0.15) is 77.7 Å². The summed E-state index contributed by atoms with van der Waals surface area (Å²) >= 11 is 1.55. The number of Topliss-reactive ketones (excluding diaryl/α,β-unsaturated/α-hetero) is 1. The summed E-state index contributed by atoms with van der Waals surface area (Å²) in [5.74, 6) is -0.638. The van der Waals surface area contributed by atoms with Crippen molar-refractivity contribution in [1.29, 1.82) is 5.26 Å². The summed E-state index contributed by atoms with van der Waals surface area (Å²) in [7, 11) is 0. The van der Waals surface area contributed by atoms with Crippen LogP contribution >= 0.6 is 11.3 Å². The fourth-order valence-corrected chi connectivity index (χ4v) is 6.91. The number of ether oxygens (including phenoxy) is 1. The number of allylic oxidation sites excluding steroid dienone is 3. The normalized spacial score (nSPS) is 20.2. The molecule has 5 rings (SSSR count). The van der Waals surface area contributed by atoms with E-state index in [0.717, 1.165) is 48.9 Å². The first-order valence-corrected chi connectivity index (χ1v) is 13.1. The predicted molar refractivity (Wildman–Crippen MR) is 134 cm³/mol. The summed E-state index contributed by atoms with van der Waals surface area (Å²) in [5.41, 5.74) is 10.8. The number of aromatic nitrogens is 1. The Morgan fingerprint density at radius 2 is 2.09 bits per heavy atom. The highest BCUT2D eigenvalue weighted by Crippen LogP contribution is 2.50. The highest BCUT2D eigenvalue weighted by molar-refractivity contribution is 7.16. The first-order chi connectivity index (χ1) is 17.1. The third kappa shape index (κ3) is 3.94. The maximum absolute atomic E-state index is 13.4. The molecule has 0 fully saturated rings. The van der Waals surface area contributed by atoms with Gasteiger partial charge in [-0.3, -0.25) is 14.7 Å². The van der Waals surface area contributed by atoms with Crippen LogP contribution < -0.4 is 10.6 Å². The summed E-state index contributed by atoms with van der Waals surface area (Å²) in [6.45, 7) is 2.07. The molecule has 7 nitrogen and oxygen atoms in total. The second kappa shape index (κ2) is 9.67. The number of carbonyl (C=O) groups is 2. The molecular formula is C27H28N4O3S. The fourth-order valence-electron chi connectivity index (χ4n) is 5.50. The molecule has 180 valence electrons. The molecule has 35 heavy (non-hydrogen) atoms. The summed E-state index contributed by atoms with van der Waals surface area (Å²) < 4.78 is 5.49. The fraction of sp³-hybridized carbons (Fsp3) is 0.407. The van der Waals surface area contributed by atoms with E-state index in [1.165, 1.54) is 4.88 Å². The van der Waals surface area contributed by atoms with E-state index in [0.29, 0.717) is 41.0 Å². The van der Waals surface area contributed by atoms with Gasteiger partial charge in [0.25, 0.3) is 0 Å². The van der Waals surface area contributed by atoms with Crippen LogP contribution in [0, 0.1) is 11.3 Å². The van der Waals surface area contributed by atoms with Gasteiger partial charge in [-0.1, -0.05) is 12.5 Å². The predicted octanol–water partition coefficient (Wildman–Crippen LogP) is 4.89. The maximum atomic E-state index is 13.4. The molecule has 2 aromatic rings. The molecule has 3 aliphatic rings. The molecule has 0 spiro atoms. The molecule has 0 saturated heterocycles. The molecule has 0 aromatic carbocycles. The zero-order valence-corrected chi connectivity index (χ0v) is 20.6. The average Bonchev–Trinajstić information content (AvgIpc) is 3.05. The van der Waals surface area contributed by atoms with Gasteiger partial charge in [-0.25, -0.2) is 4.79 Å². The molecular weight excluding hydrogens is 460 g/mol. The van der Waals surface area contributed by atoms with E-state index >= 15 is 0 Å². The Morgan fingerprint density at radius 1 is 1.26 bits per heavy atom. The first-order valence-electron chi connectivity index (χ1n) is 12.2. The summed E-state index contributed by atoms with van der Waals surface area (Å²) in [6, 6.07) is 5.97. The number of carbonyl (C=O) groups excluding carboxylic acids is 2. The zero-order valence-electron chi connectivity index (χ0n) is 19.8. The Labute approximate surface area is 208 Å². The first kappa shape index (κ1) is 23.3. The third-order valence-electron chi connectivity index (χ3n) is 7.02. The van der Waals surface area contributed by atoms with Crippen LogP contribution in [0.25, 0.3) is 0 Å². The molecule has 1 atom stereocenters. The van der Waals surface area contributed by atoms with Crippen molar-refractivity contribution in [3.8, 4) is 6.07 Å². The van der Waals surface area contributed by atoms with Crippen molar-refractivity contribution in [2.75, 3.05) is 11.5 Å². The number of pyridine rings is 1. The van der Waals surface area contributed by atoms with Gasteiger partial charge in [-0.15, -0.1) is 11.3 Å². The summed E-state index contributed by atoms with van der Waals surface area (Å²) in [6.07, 6.45) is 10.0. The van der Waals surface area contributed by atoms with Gasteiger partial charge in [0.1, 0.15) is 10.8 Å². The lowest BCUT2D eigenvalue weighted by Crippen LogP contribution is -2.39. The standard InChI is InChI=1S/C27H28N4O3S/c1-2-34-27(33)23-17-9-4-3-5-12-21(17)35-26(23)31-19-10-6-11-20(32)24(19)22(18(14-28)25(31)29)16-8-7-13-30-15-16/h7-8,13,15,22H,2-6,9-12,29H2,1H3/t22-/m1/s1. The number of nitriles is 1. The number of anilines is 1. The number of fused-ring (bicyclic) bond motifs is 1. The van der Waals surface area contributed by atoms with Gasteiger partial charge in [0, 0.05) is 35.0 Å². The number of thiophene rings is 1. The zero-order chi connectivity index (χ0) is 24.5. The molecule has 2 N–H and O–H groups in total. The Balaban J connectivity index is 1.76. The molecule has 0 radical (unpaired) electrons. The van der Waals surface area contributed by atoms with Crippen molar-refractivity contribution < 1.29 is 14.3 Å². The number of nitrogens with zero attached hydrogens (tertiary/aromatic N) is 3. The van der Waals surface area contributed by atoms with Crippen molar-refractivity contribution >= 4 is 28.1 Å². The van der Waals surface area contributed by atoms with E-state index in [4.69, 9.17) is 10.5 Å². The van der Waals surface area contributed by atoms with E-state index in [9.17, 15) is 14.9 Å². The van der Waals surface area contributed by atoms with E-state index in [2.05, 4.69) is 11.1 Å². The van der Waals surface area contributed by atoms with Crippen LogP contribution in [-0.2, 0) is 22.4 Å². The van der Waals surface area contributed by atoms with E-state index in [1.807, 2.05) is 11.0 Å². The van der Waals surface area contributed by atoms with Gasteiger partial charge < -0.3 is 10.5 Å². The van der Waals surface area contributed by atoms with Crippen molar-refractivity contribution in [2.45, 2.75) is 64.2 Å². The van der Waals surface area contributed by atoms with Gasteiger partial charge in [0.2, 0.25) is 0 Å². The van der Waals surface area contributed by atoms with Crippen LogP contribution in [0.15, 0.2) is 47.2 Å². The minimum atomic E-state index is -0.559. The number of hydrogen-bond acceptors (Lipinski definition) is 8. The van der Waals surface area contributed by atoms with Crippen LogP contribution in [0.4, 0.5) is 5.00 Å². The topological polar surface area (TPSA) is 109 Å². The number of nitrogens with two attached hydrogens (primary N) is 1. The molecule has 2 aromatic heterocycles. The summed E-state index contributed by atoms with van der Waals surface area (Å²) in [5, 5.41) is 10.9. The average molecular weight is 489 g/mol. The second-order valence-corrected chi connectivity index (χ2v) is 10.2. The molecule has 0 saturated carbocycles. The Kier molecular flexibility index (Phi) is 6.44. The minimum absolute atomic E-state index is 0.0150. The quantitative estimate of drug-likeness (QED) is 0.482. The second-order valence-electron chi connectivity index (χ2n) is 9.07. The van der Waals surface area contributed by atoms with E-state index in [1.54, 1.807) is 36.7 Å². The van der Waals surface area contributed by atoms with Crippen LogP contribution in [0.3, 0.4) is 0 Å². The minimum Gasteiger partial charge on any atom is -0.462 e. The molecule has 0 amide bonds. The number of hydrogen-bond donors (Lipinski definition) is 1. The van der Waals surface area contributed by atoms with Gasteiger partial charge in [0.05, 0.1) is 29.7 Å². The lowest BCUT2D eigenvalue weighted by Gasteiger charge is -2.39. The lowest BCUT2D eigenvalue weighted by molar-refractivity contribution is -0.116. The Hall–Kier alpha value is -3.44. The van der Waals surface area contributed by atoms with Gasteiger partial charge >= 0.3 is 5.97 Å². The molecule has 8 heteroatoms. The molecule has 0 bridgehead atoms. The van der Waals surface area contributed by atoms with E-state index in [-0.39, 0.29) is 24.2 Å². The van der Waals surface area contributed by atoms with Crippen molar-refractivity contribution in [3.05, 3.63) is 68.8 Å². The SMILES string of the molecule is CCOC(=O)c1c(N2C(N)=C(C#N)[C@@H](c3cccnc3)C3=C2CCCC3=O)sc2c1CCCCC2. The van der Waals surface area contributed by atoms with Crippen LogP contribution in [0.5, 0.6) is 0 Å². The smallest absolute Gasteiger partial charge is 0.341 e. The van der Waals surface area contributed by atoms with Crippen molar-refractivity contribution in [1.82, 2.24) is 4.98 Å². The van der Waals surface area contributed by atoms with Gasteiger partial charge in [0.15, 0.2) is 5.78 Å². The monoisotopic (exact) mass is 488 g/mol. The van der Waals surface area contributed by atoms with Crippen molar-refractivity contribution in [3.63, 3.8) is 0 Å². The summed E-state index contributed by atoms with van der Waals surface area (Å²) in [4.78, 5) is 33.8. The maximum Gasteiger partial charge on any atom is 0.341 e. The molecule has 1 aliphatic heterocycles. The van der Waals surface area contributed by atoms with Crippen molar-refractivity contribution in [2.24, 2.45) is 5.73 Å². The number of ketones is 1. The number of rotatable bonds is 4. The van der Waals surface area contributed by atoms with E-state index < -0.39 is 5.92 Å².